The zero-order valence-corrected chi connectivity index (χ0v) is 13.5. The predicted octanol–water partition coefficient (Wildman–Crippen LogP) is 5.83. The number of rotatable bonds is 4. The predicted molar refractivity (Wildman–Crippen MR) is 82.7 cm³/mol. The van der Waals surface area contributed by atoms with Crippen molar-refractivity contribution in [2.45, 2.75) is 45.8 Å². The topological polar surface area (TPSA) is 21.3 Å². The Morgan fingerprint density at radius 3 is 2.38 bits per heavy atom. The zero-order valence-electron chi connectivity index (χ0n) is 12.0. The van der Waals surface area contributed by atoms with Crippen LogP contribution >= 0.6 is 23.2 Å². The molecule has 1 aliphatic carbocycles. The highest BCUT2D eigenvalue weighted by Gasteiger charge is 2.25. The van der Waals surface area contributed by atoms with Crippen LogP contribution in [0.1, 0.15) is 33.1 Å². The first-order valence-corrected chi connectivity index (χ1v) is 7.82. The summed E-state index contributed by atoms with van der Waals surface area (Å²) in [6.45, 7) is 1.50. The fourth-order valence-electron chi connectivity index (χ4n) is 2.79. The number of halogens is 4. The first kappa shape index (κ1) is 16.6. The molecule has 2 rings (SSSR count). The minimum Gasteiger partial charge on any atom is -0.432 e. The van der Waals surface area contributed by atoms with Crippen LogP contribution < -0.4 is 10.1 Å². The summed E-state index contributed by atoms with van der Waals surface area (Å²) in [6.07, 6.45) is 3.49. The minimum atomic E-state index is -2.95. The third-order valence-corrected chi connectivity index (χ3v) is 4.58. The molecule has 0 spiro atoms. The SMILES string of the molecule is CC1CCC(C)C(Nc2cc(Cl)c(OC(F)F)c(Cl)c2)C1. The summed E-state index contributed by atoms with van der Waals surface area (Å²) in [4.78, 5) is 0. The summed E-state index contributed by atoms with van der Waals surface area (Å²) >= 11 is 12.0. The van der Waals surface area contributed by atoms with Crippen LogP contribution in [0.5, 0.6) is 5.75 Å². The van der Waals surface area contributed by atoms with Crippen LogP contribution in [-0.2, 0) is 0 Å². The molecule has 0 heterocycles. The zero-order chi connectivity index (χ0) is 15.6. The number of hydrogen-bond donors (Lipinski definition) is 1. The molecular formula is C15H19Cl2F2NO. The number of hydrogen-bond acceptors (Lipinski definition) is 2. The Kier molecular flexibility index (Phi) is 5.55. The molecule has 3 unspecified atom stereocenters. The smallest absolute Gasteiger partial charge is 0.387 e. The van der Waals surface area contributed by atoms with Crippen molar-refractivity contribution in [2.24, 2.45) is 11.8 Å². The lowest BCUT2D eigenvalue weighted by molar-refractivity contribution is -0.0497. The van der Waals surface area contributed by atoms with E-state index < -0.39 is 6.61 Å². The Bertz CT molecular complexity index is 476. The highest BCUT2D eigenvalue weighted by Crippen LogP contribution is 2.38. The van der Waals surface area contributed by atoms with Crippen molar-refractivity contribution in [3.05, 3.63) is 22.2 Å². The summed E-state index contributed by atoms with van der Waals surface area (Å²) in [5.74, 6) is 1.05. The van der Waals surface area contributed by atoms with Gasteiger partial charge in [0.15, 0.2) is 5.75 Å². The quantitative estimate of drug-likeness (QED) is 0.746. The van der Waals surface area contributed by atoms with E-state index in [1.807, 2.05) is 0 Å². The third-order valence-electron chi connectivity index (χ3n) is 4.02. The Morgan fingerprint density at radius 1 is 1.19 bits per heavy atom. The number of nitrogens with one attached hydrogen (secondary N) is 1. The fraction of sp³-hybridized carbons (Fsp3) is 0.600. The third kappa shape index (κ3) is 4.36. The lowest BCUT2D eigenvalue weighted by Gasteiger charge is -2.34. The van der Waals surface area contributed by atoms with Gasteiger partial charge in [-0.15, -0.1) is 0 Å². The van der Waals surface area contributed by atoms with Crippen molar-refractivity contribution < 1.29 is 13.5 Å². The molecule has 0 bridgehead atoms. The number of anilines is 1. The van der Waals surface area contributed by atoms with E-state index >= 15 is 0 Å². The molecular weight excluding hydrogens is 319 g/mol. The van der Waals surface area contributed by atoms with Gasteiger partial charge in [-0.3, -0.25) is 0 Å². The van der Waals surface area contributed by atoms with Gasteiger partial charge in [-0.2, -0.15) is 8.78 Å². The van der Waals surface area contributed by atoms with Crippen molar-refractivity contribution >= 4 is 28.9 Å². The van der Waals surface area contributed by atoms with E-state index in [-0.39, 0.29) is 15.8 Å². The van der Waals surface area contributed by atoms with E-state index in [2.05, 4.69) is 23.9 Å². The Morgan fingerprint density at radius 2 is 1.81 bits per heavy atom. The first-order chi connectivity index (χ1) is 9.86. The molecule has 2 nitrogen and oxygen atoms in total. The van der Waals surface area contributed by atoms with E-state index in [1.165, 1.54) is 12.8 Å². The van der Waals surface area contributed by atoms with E-state index in [0.29, 0.717) is 17.9 Å². The van der Waals surface area contributed by atoms with Crippen molar-refractivity contribution in [1.82, 2.24) is 0 Å². The van der Waals surface area contributed by atoms with Gasteiger partial charge in [0.2, 0.25) is 0 Å². The summed E-state index contributed by atoms with van der Waals surface area (Å²) < 4.78 is 28.9. The monoisotopic (exact) mass is 337 g/mol. The second-order valence-corrected chi connectivity index (χ2v) is 6.61. The molecule has 1 saturated carbocycles. The highest BCUT2D eigenvalue weighted by molar-refractivity contribution is 6.37. The largest absolute Gasteiger partial charge is 0.432 e. The Labute approximate surface area is 133 Å². The molecule has 0 aromatic heterocycles. The maximum Gasteiger partial charge on any atom is 0.387 e. The first-order valence-electron chi connectivity index (χ1n) is 7.07. The van der Waals surface area contributed by atoms with Gasteiger partial charge in [0, 0.05) is 11.7 Å². The van der Waals surface area contributed by atoms with Gasteiger partial charge in [0.25, 0.3) is 0 Å². The molecule has 1 aliphatic rings. The van der Waals surface area contributed by atoms with E-state index in [1.54, 1.807) is 12.1 Å². The van der Waals surface area contributed by atoms with Crippen molar-refractivity contribution in [3.8, 4) is 5.75 Å². The number of ether oxygens (including phenoxy) is 1. The summed E-state index contributed by atoms with van der Waals surface area (Å²) in [6, 6.07) is 3.50. The molecule has 0 saturated heterocycles. The second-order valence-electron chi connectivity index (χ2n) is 5.79. The summed E-state index contributed by atoms with van der Waals surface area (Å²) in [7, 11) is 0. The lowest BCUT2D eigenvalue weighted by Crippen LogP contribution is -2.33. The van der Waals surface area contributed by atoms with Crippen LogP contribution in [-0.4, -0.2) is 12.7 Å². The normalized spacial score (nSPS) is 26.0. The van der Waals surface area contributed by atoms with Gasteiger partial charge in [-0.05, 0) is 36.8 Å². The number of alkyl halides is 2. The van der Waals surface area contributed by atoms with Gasteiger partial charge < -0.3 is 10.1 Å². The average Bonchev–Trinajstić information content (AvgIpc) is 2.38. The van der Waals surface area contributed by atoms with Gasteiger partial charge in [-0.25, -0.2) is 0 Å². The Hall–Kier alpha value is -0.740. The minimum absolute atomic E-state index is 0.0850. The maximum atomic E-state index is 12.3. The van der Waals surface area contributed by atoms with Crippen molar-refractivity contribution in [3.63, 3.8) is 0 Å². The lowest BCUT2D eigenvalue weighted by atomic mass is 9.80. The van der Waals surface area contributed by atoms with E-state index in [4.69, 9.17) is 23.2 Å². The van der Waals surface area contributed by atoms with Crippen molar-refractivity contribution in [2.75, 3.05) is 5.32 Å². The standard InChI is InChI=1S/C15H19Cl2F2NO/c1-8-3-4-9(2)13(5-8)20-10-6-11(16)14(12(17)7-10)21-15(18)19/h6-9,13,15,20H,3-5H2,1-2H3. The maximum absolute atomic E-state index is 12.3. The molecule has 118 valence electrons. The molecule has 1 aromatic carbocycles. The van der Waals surface area contributed by atoms with E-state index in [9.17, 15) is 8.78 Å². The van der Waals surface area contributed by atoms with Gasteiger partial charge >= 0.3 is 6.61 Å². The molecule has 6 heteroatoms. The second kappa shape index (κ2) is 7.01. The van der Waals surface area contributed by atoms with Gasteiger partial charge in [0.1, 0.15) is 0 Å². The molecule has 0 aliphatic heterocycles. The van der Waals surface area contributed by atoms with Crippen LogP contribution in [0.15, 0.2) is 12.1 Å². The summed E-state index contributed by atoms with van der Waals surface area (Å²) in [5, 5.41) is 3.58. The Balaban J connectivity index is 2.14. The van der Waals surface area contributed by atoms with Crippen LogP contribution in [0, 0.1) is 11.8 Å². The molecule has 1 aromatic rings. The average molecular weight is 338 g/mol. The van der Waals surface area contributed by atoms with Crippen LogP contribution in [0.4, 0.5) is 14.5 Å². The fourth-order valence-corrected chi connectivity index (χ4v) is 3.37. The van der Waals surface area contributed by atoms with Gasteiger partial charge in [0.05, 0.1) is 10.0 Å². The highest BCUT2D eigenvalue weighted by atomic mass is 35.5. The van der Waals surface area contributed by atoms with Crippen LogP contribution in [0.25, 0.3) is 0 Å². The number of benzene rings is 1. The van der Waals surface area contributed by atoms with Crippen LogP contribution in [0.3, 0.4) is 0 Å². The molecule has 3 atom stereocenters. The van der Waals surface area contributed by atoms with Gasteiger partial charge in [-0.1, -0.05) is 43.5 Å². The summed E-state index contributed by atoms with van der Waals surface area (Å²) in [5.41, 5.74) is 0.734. The molecule has 1 N–H and O–H groups in total. The molecule has 21 heavy (non-hydrogen) atoms. The van der Waals surface area contributed by atoms with Crippen LogP contribution in [0.2, 0.25) is 10.0 Å². The van der Waals surface area contributed by atoms with Crippen molar-refractivity contribution in [1.29, 1.82) is 0 Å². The molecule has 0 radical (unpaired) electrons. The molecule has 0 amide bonds. The van der Waals surface area contributed by atoms with E-state index in [0.717, 1.165) is 12.1 Å². The molecule has 1 fully saturated rings.